The number of benzene rings is 3. The summed E-state index contributed by atoms with van der Waals surface area (Å²) in [5.74, 6) is -0.676. The summed E-state index contributed by atoms with van der Waals surface area (Å²) >= 11 is 0. The smallest absolute Gasteiger partial charge is 0.416 e. The van der Waals surface area contributed by atoms with Crippen molar-refractivity contribution in [2.45, 2.75) is 39.0 Å². The zero-order chi connectivity index (χ0) is 31.8. The largest absolute Gasteiger partial charge is 0.478 e. The zero-order valence-electron chi connectivity index (χ0n) is 24.1. The molecule has 1 saturated heterocycles. The topological polar surface area (TPSA) is 129 Å². The van der Waals surface area contributed by atoms with Crippen LogP contribution in [0, 0.1) is 29.6 Å². The molecule has 0 amide bonds. The van der Waals surface area contributed by atoms with Gasteiger partial charge in [-0.15, -0.1) is 0 Å². The molecule has 5 rings (SSSR count). The number of nitrogens with one attached hydrogen (secondary N) is 1. The molecule has 0 spiro atoms. The second kappa shape index (κ2) is 11.7. The van der Waals surface area contributed by atoms with Crippen LogP contribution in [0.3, 0.4) is 0 Å². The number of hydrogen-bond donors (Lipinski definition) is 2. The number of carboxylic acid groups (broad SMARTS) is 1. The van der Waals surface area contributed by atoms with Crippen LogP contribution in [0.5, 0.6) is 0 Å². The van der Waals surface area contributed by atoms with E-state index in [4.69, 9.17) is 4.98 Å². The fourth-order valence-electron chi connectivity index (χ4n) is 5.60. The van der Waals surface area contributed by atoms with Gasteiger partial charge >= 0.3 is 12.1 Å². The Bertz CT molecular complexity index is 1850. The van der Waals surface area contributed by atoms with Crippen molar-refractivity contribution >= 4 is 34.2 Å². The third-order valence-corrected chi connectivity index (χ3v) is 7.71. The van der Waals surface area contributed by atoms with Gasteiger partial charge in [0, 0.05) is 36.9 Å². The molecule has 0 saturated carbocycles. The summed E-state index contributed by atoms with van der Waals surface area (Å²) in [6.07, 6.45) is -4.55. The normalized spacial score (nSPS) is 15.9. The number of halogens is 3. The first kappa shape index (κ1) is 30.1. The van der Waals surface area contributed by atoms with Gasteiger partial charge in [0.25, 0.3) is 0 Å². The number of nitrogens with zero attached hydrogens (tertiary/aromatic N) is 6. The highest BCUT2D eigenvalue weighted by atomic mass is 19.4. The SMILES string of the molecule is Cc1cc([C@@H](C)Nc2ccccc2C(=O)O)c2nc(N3CCN(c4ccc(C(F)(F)F)cc4C#N)CC3C)c(C#N)nc2c1. The molecule has 1 aliphatic rings. The van der Waals surface area contributed by atoms with Gasteiger partial charge in [-0.05, 0) is 62.7 Å². The summed E-state index contributed by atoms with van der Waals surface area (Å²) in [6.45, 7) is 6.83. The summed E-state index contributed by atoms with van der Waals surface area (Å²) in [5, 5.41) is 32.5. The molecule has 9 nitrogen and oxygen atoms in total. The van der Waals surface area contributed by atoms with Gasteiger partial charge in [-0.2, -0.15) is 23.7 Å². The van der Waals surface area contributed by atoms with E-state index in [1.807, 2.05) is 48.8 Å². The lowest BCUT2D eigenvalue weighted by molar-refractivity contribution is -0.137. The maximum atomic E-state index is 13.2. The number of anilines is 3. The second-order valence-electron chi connectivity index (χ2n) is 10.8. The number of aromatic carboxylic acids is 1. The van der Waals surface area contributed by atoms with Crippen LogP contribution >= 0.6 is 0 Å². The molecule has 1 aromatic heterocycles. The molecule has 12 heteroatoms. The lowest BCUT2D eigenvalue weighted by atomic mass is 10.0. The lowest BCUT2D eigenvalue weighted by Crippen LogP contribution is -2.53. The molecule has 4 aromatic rings. The van der Waals surface area contributed by atoms with Crippen molar-refractivity contribution in [2.75, 3.05) is 34.8 Å². The average molecular weight is 600 g/mol. The number of hydrogen-bond acceptors (Lipinski definition) is 8. The fraction of sp³-hybridized carbons (Fsp3) is 0.281. The van der Waals surface area contributed by atoms with Gasteiger partial charge in [-0.1, -0.05) is 18.2 Å². The highest BCUT2D eigenvalue weighted by Gasteiger charge is 2.33. The predicted octanol–water partition coefficient (Wildman–Crippen LogP) is 6.29. The van der Waals surface area contributed by atoms with Crippen molar-refractivity contribution < 1.29 is 23.1 Å². The molecule has 1 fully saturated rings. The van der Waals surface area contributed by atoms with Gasteiger partial charge < -0.3 is 20.2 Å². The number of alkyl halides is 3. The van der Waals surface area contributed by atoms with E-state index in [9.17, 15) is 33.6 Å². The van der Waals surface area contributed by atoms with E-state index in [2.05, 4.69) is 16.4 Å². The number of piperazine rings is 1. The highest BCUT2D eigenvalue weighted by molar-refractivity contribution is 5.94. The molecule has 2 heterocycles. The molecule has 0 bridgehead atoms. The summed E-state index contributed by atoms with van der Waals surface area (Å²) in [5.41, 5.74) is 2.94. The first-order chi connectivity index (χ1) is 20.9. The molecule has 2 atom stereocenters. The summed E-state index contributed by atoms with van der Waals surface area (Å²) in [7, 11) is 0. The van der Waals surface area contributed by atoms with Gasteiger partial charge in [-0.25, -0.2) is 14.8 Å². The standard InChI is InChI=1S/C32H28F3N7O2/c1-18-12-24(20(3)38-25-7-5-4-6-23(25)31(43)44)29-26(13-18)39-27(16-37)30(40-29)42-11-10-41(17-19(42)2)28-9-8-22(32(33,34)35)14-21(28)15-36/h4-9,12-14,19-20,38H,10-11,17H2,1-3H3,(H,43,44)/t19?,20-/m1/s1. The first-order valence-electron chi connectivity index (χ1n) is 13.9. The third-order valence-electron chi connectivity index (χ3n) is 7.71. The second-order valence-corrected chi connectivity index (χ2v) is 10.8. The minimum atomic E-state index is -4.55. The molecular weight excluding hydrogens is 571 g/mol. The van der Waals surface area contributed by atoms with Crippen LogP contribution < -0.4 is 15.1 Å². The third kappa shape index (κ3) is 5.79. The van der Waals surface area contributed by atoms with Gasteiger partial charge in [0.05, 0.1) is 39.5 Å². The number of rotatable bonds is 6. The molecule has 224 valence electrons. The van der Waals surface area contributed by atoms with E-state index >= 15 is 0 Å². The van der Waals surface area contributed by atoms with Gasteiger partial charge in [0.15, 0.2) is 11.5 Å². The fourth-order valence-corrected chi connectivity index (χ4v) is 5.60. The molecule has 0 radical (unpaired) electrons. The van der Waals surface area contributed by atoms with Crippen LogP contribution in [0.15, 0.2) is 54.6 Å². The lowest BCUT2D eigenvalue weighted by Gasteiger charge is -2.42. The molecular formula is C32H28F3N7O2. The van der Waals surface area contributed by atoms with Crippen molar-refractivity contribution in [3.63, 3.8) is 0 Å². The Morgan fingerprint density at radius 2 is 1.84 bits per heavy atom. The molecule has 44 heavy (non-hydrogen) atoms. The maximum absolute atomic E-state index is 13.2. The molecule has 1 unspecified atom stereocenters. The molecule has 1 aliphatic heterocycles. The van der Waals surface area contributed by atoms with Crippen LogP contribution in [0.4, 0.5) is 30.4 Å². The Morgan fingerprint density at radius 3 is 2.50 bits per heavy atom. The van der Waals surface area contributed by atoms with Crippen molar-refractivity contribution in [1.82, 2.24) is 9.97 Å². The number of carboxylic acids is 1. The minimum Gasteiger partial charge on any atom is -0.478 e. The maximum Gasteiger partial charge on any atom is 0.416 e. The van der Waals surface area contributed by atoms with Crippen LogP contribution in [0.2, 0.25) is 0 Å². The molecule has 0 aliphatic carbocycles. The number of aryl methyl sites for hydroxylation is 1. The minimum absolute atomic E-state index is 0.0605. The monoisotopic (exact) mass is 599 g/mol. The van der Waals surface area contributed by atoms with E-state index in [0.29, 0.717) is 47.9 Å². The molecule has 2 N–H and O–H groups in total. The average Bonchev–Trinajstić information content (AvgIpc) is 2.99. The number of fused-ring (bicyclic) bond motifs is 1. The van der Waals surface area contributed by atoms with E-state index < -0.39 is 17.7 Å². The van der Waals surface area contributed by atoms with Crippen molar-refractivity contribution in [3.8, 4) is 12.1 Å². The van der Waals surface area contributed by atoms with Crippen molar-refractivity contribution in [3.05, 3.63) is 88.1 Å². The summed E-state index contributed by atoms with van der Waals surface area (Å²) in [4.78, 5) is 25.2. The number of carbonyl (C=O) groups is 1. The van der Waals surface area contributed by atoms with E-state index in [0.717, 1.165) is 23.3 Å². The Balaban J connectivity index is 1.48. The van der Waals surface area contributed by atoms with Crippen molar-refractivity contribution in [1.29, 1.82) is 10.5 Å². The van der Waals surface area contributed by atoms with Gasteiger partial charge in [0.1, 0.15) is 12.1 Å². The highest BCUT2D eigenvalue weighted by Crippen LogP contribution is 2.35. The Labute approximate surface area is 251 Å². The van der Waals surface area contributed by atoms with E-state index in [1.165, 1.54) is 12.1 Å². The molecule has 3 aromatic carbocycles. The van der Waals surface area contributed by atoms with Crippen LogP contribution in [0.25, 0.3) is 11.0 Å². The number of para-hydroxylation sites is 1. The summed E-state index contributed by atoms with van der Waals surface area (Å²) in [6, 6.07) is 17.0. The number of aromatic nitrogens is 2. The van der Waals surface area contributed by atoms with Crippen LogP contribution in [0.1, 0.15) is 58.2 Å². The van der Waals surface area contributed by atoms with Crippen LogP contribution in [-0.4, -0.2) is 46.7 Å². The Kier molecular flexibility index (Phi) is 8.03. The van der Waals surface area contributed by atoms with Gasteiger partial charge in [0.2, 0.25) is 0 Å². The van der Waals surface area contributed by atoms with E-state index in [-0.39, 0.29) is 28.9 Å². The predicted molar refractivity (Wildman–Crippen MR) is 160 cm³/mol. The van der Waals surface area contributed by atoms with E-state index in [1.54, 1.807) is 18.2 Å². The van der Waals surface area contributed by atoms with Crippen molar-refractivity contribution in [2.24, 2.45) is 0 Å². The number of nitriles is 2. The first-order valence-corrected chi connectivity index (χ1v) is 13.9. The zero-order valence-corrected chi connectivity index (χ0v) is 24.1. The van der Waals surface area contributed by atoms with Crippen LogP contribution in [-0.2, 0) is 6.18 Å². The quantitative estimate of drug-likeness (QED) is 0.263. The van der Waals surface area contributed by atoms with Gasteiger partial charge in [-0.3, -0.25) is 0 Å². The Hall–Kier alpha value is -5.36. The summed E-state index contributed by atoms with van der Waals surface area (Å²) < 4.78 is 39.7. The Morgan fingerprint density at radius 1 is 1.09 bits per heavy atom.